The number of rotatable bonds is 6. The van der Waals surface area contributed by atoms with Gasteiger partial charge in [-0.15, -0.1) is 0 Å². The molecule has 0 amide bonds. The van der Waals surface area contributed by atoms with Gasteiger partial charge in [0.25, 0.3) is 0 Å². The van der Waals surface area contributed by atoms with Crippen LogP contribution in [-0.4, -0.2) is 12.4 Å². The van der Waals surface area contributed by atoms with Gasteiger partial charge in [-0.1, -0.05) is 35.9 Å². The van der Waals surface area contributed by atoms with Gasteiger partial charge < -0.3 is 14.2 Å². The first-order valence-corrected chi connectivity index (χ1v) is 9.68. The van der Waals surface area contributed by atoms with Crippen LogP contribution in [0.5, 0.6) is 17.2 Å². The number of Topliss-reactive ketones (excluding diaryl/α,β-unsaturated/α-hetero) is 1. The third kappa shape index (κ3) is 4.44. The van der Waals surface area contributed by atoms with Crippen LogP contribution < -0.4 is 14.2 Å². The molecule has 0 N–H and O–H groups in total. The highest BCUT2D eigenvalue weighted by Crippen LogP contribution is 2.35. The van der Waals surface area contributed by atoms with Crippen molar-refractivity contribution in [3.63, 3.8) is 0 Å². The second kappa shape index (κ2) is 8.41. The van der Waals surface area contributed by atoms with E-state index in [4.69, 9.17) is 25.8 Å². The minimum atomic E-state index is -0.143. The van der Waals surface area contributed by atoms with Crippen LogP contribution in [0.3, 0.4) is 0 Å². The lowest BCUT2D eigenvalue weighted by Gasteiger charge is -2.07. The van der Waals surface area contributed by atoms with Crippen molar-refractivity contribution in [2.75, 3.05) is 6.61 Å². The minimum absolute atomic E-state index is 0.143. The molecule has 0 bridgehead atoms. The molecule has 0 unspecified atom stereocenters. The van der Waals surface area contributed by atoms with Gasteiger partial charge in [-0.2, -0.15) is 0 Å². The first-order valence-electron chi connectivity index (χ1n) is 9.31. The summed E-state index contributed by atoms with van der Waals surface area (Å²) < 4.78 is 17.0. The van der Waals surface area contributed by atoms with Gasteiger partial charge in [0.05, 0.1) is 12.2 Å². The number of hydrogen-bond donors (Lipinski definition) is 0. The molecule has 0 aliphatic carbocycles. The van der Waals surface area contributed by atoms with Crippen molar-refractivity contribution in [3.8, 4) is 17.2 Å². The predicted molar refractivity (Wildman–Crippen MR) is 113 cm³/mol. The molecule has 0 saturated carbocycles. The Hall–Kier alpha value is -3.24. The Morgan fingerprint density at radius 3 is 2.52 bits per heavy atom. The van der Waals surface area contributed by atoms with Crippen molar-refractivity contribution in [1.82, 2.24) is 0 Å². The number of benzene rings is 3. The van der Waals surface area contributed by atoms with Gasteiger partial charge in [-0.3, -0.25) is 4.79 Å². The van der Waals surface area contributed by atoms with Crippen LogP contribution in [-0.2, 0) is 6.61 Å². The lowest BCUT2D eigenvalue weighted by atomic mass is 10.1. The van der Waals surface area contributed by atoms with Crippen molar-refractivity contribution in [1.29, 1.82) is 0 Å². The summed E-state index contributed by atoms with van der Waals surface area (Å²) in [6, 6.07) is 20.2. The molecule has 0 atom stereocenters. The first-order chi connectivity index (χ1) is 14.1. The molecular weight excluding hydrogens is 388 g/mol. The van der Waals surface area contributed by atoms with E-state index in [1.807, 2.05) is 55.5 Å². The summed E-state index contributed by atoms with van der Waals surface area (Å²) in [5, 5.41) is 0.665. The predicted octanol–water partition coefficient (Wildman–Crippen LogP) is 5.93. The number of ketones is 1. The van der Waals surface area contributed by atoms with E-state index < -0.39 is 0 Å². The quantitative estimate of drug-likeness (QED) is 0.475. The number of ether oxygens (including phenoxy) is 3. The molecule has 3 aromatic carbocycles. The fourth-order valence-electron chi connectivity index (χ4n) is 3.03. The molecule has 1 aliphatic rings. The fraction of sp³-hybridized carbons (Fsp3) is 0.125. The maximum absolute atomic E-state index is 12.6. The maximum atomic E-state index is 12.6. The zero-order valence-electron chi connectivity index (χ0n) is 15.9. The lowest BCUT2D eigenvalue weighted by Crippen LogP contribution is -1.98. The normalized spacial score (nSPS) is 13.9. The molecule has 1 aliphatic heterocycles. The standard InChI is InChI=1S/C24H19ClO4/c1-2-27-19-8-6-16(7-9-19)13-23-24(26)21-11-10-20(14-22(21)29-23)28-15-17-4-3-5-18(25)12-17/h3-14H,2,15H2,1H3. The van der Waals surface area contributed by atoms with Gasteiger partial charge in [0.1, 0.15) is 23.9 Å². The van der Waals surface area contributed by atoms with E-state index >= 15 is 0 Å². The summed E-state index contributed by atoms with van der Waals surface area (Å²) in [5.74, 6) is 2.05. The van der Waals surface area contributed by atoms with Gasteiger partial charge in [-0.25, -0.2) is 0 Å². The average molecular weight is 407 g/mol. The molecule has 0 saturated heterocycles. The third-order valence-corrected chi connectivity index (χ3v) is 4.66. The van der Waals surface area contributed by atoms with E-state index in [1.165, 1.54) is 0 Å². The van der Waals surface area contributed by atoms with Crippen LogP contribution in [0.25, 0.3) is 6.08 Å². The highest BCUT2D eigenvalue weighted by atomic mass is 35.5. The summed E-state index contributed by atoms with van der Waals surface area (Å²) >= 11 is 6.00. The van der Waals surface area contributed by atoms with E-state index in [9.17, 15) is 4.79 Å². The lowest BCUT2D eigenvalue weighted by molar-refractivity contribution is 0.101. The molecule has 5 heteroatoms. The van der Waals surface area contributed by atoms with E-state index in [1.54, 1.807) is 24.3 Å². The fourth-order valence-corrected chi connectivity index (χ4v) is 3.24. The Bertz CT molecular complexity index is 1070. The van der Waals surface area contributed by atoms with E-state index in [-0.39, 0.29) is 11.5 Å². The minimum Gasteiger partial charge on any atom is -0.494 e. The summed E-state index contributed by atoms with van der Waals surface area (Å²) in [4.78, 5) is 12.6. The van der Waals surface area contributed by atoms with Gasteiger partial charge in [-0.05, 0) is 60.5 Å². The van der Waals surface area contributed by atoms with Crippen molar-refractivity contribution >= 4 is 23.5 Å². The van der Waals surface area contributed by atoms with Crippen molar-refractivity contribution in [3.05, 3.63) is 94.2 Å². The van der Waals surface area contributed by atoms with E-state index in [2.05, 4.69) is 0 Å². The molecule has 0 spiro atoms. The number of fused-ring (bicyclic) bond motifs is 1. The Kier molecular flexibility index (Phi) is 5.54. The highest BCUT2D eigenvalue weighted by molar-refractivity contribution is 6.30. The van der Waals surface area contributed by atoms with Gasteiger partial charge in [0, 0.05) is 11.1 Å². The maximum Gasteiger partial charge on any atom is 0.231 e. The first kappa shape index (κ1) is 19.1. The number of hydrogen-bond acceptors (Lipinski definition) is 4. The van der Waals surface area contributed by atoms with Crippen molar-refractivity contribution in [2.45, 2.75) is 13.5 Å². The molecule has 0 aromatic heterocycles. The van der Waals surface area contributed by atoms with Crippen molar-refractivity contribution in [2.24, 2.45) is 0 Å². The Morgan fingerprint density at radius 2 is 1.76 bits per heavy atom. The molecule has 29 heavy (non-hydrogen) atoms. The Labute approximate surface area is 174 Å². The van der Waals surface area contributed by atoms with Crippen LogP contribution in [0.4, 0.5) is 0 Å². The molecule has 4 rings (SSSR count). The molecule has 0 radical (unpaired) electrons. The van der Waals surface area contributed by atoms with Crippen LogP contribution >= 0.6 is 11.6 Å². The number of allylic oxidation sites excluding steroid dienone is 1. The molecular formula is C24H19ClO4. The number of carbonyl (C=O) groups excluding carboxylic acids is 1. The zero-order chi connectivity index (χ0) is 20.2. The topological polar surface area (TPSA) is 44.8 Å². The van der Waals surface area contributed by atoms with E-state index in [0.717, 1.165) is 16.9 Å². The van der Waals surface area contributed by atoms with Crippen LogP contribution in [0.1, 0.15) is 28.4 Å². The molecule has 1 heterocycles. The summed E-state index contributed by atoms with van der Waals surface area (Å²) in [6.07, 6.45) is 1.73. The SMILES string of the molecule is CCOc1ccc(C=C2Oc3cc(OCc4cccc(Cl)c4)ccc3C2=O)cc1. The second-order valence-electron chi connectivity index (χ2n) is 6.52. The molecule has 4 nitrogen and oxygen atoms in total. The van der Waals surface area contributed by atoms with Crippen LogP contribution in [0, 0.1) is 0 Å². The largest absolute Gasteiger partial charge is 0.494 e. The number of carbonyl (C=O) groups is 1. The third-order valence-electron chi connectivity index (χ3n) is 4.42. The van der Waals surface area contributed by atoms with Gasteiger partial charge in [0.15, 0.2) is 5.76 Å². The molecule has 3 aromatic rings. The van der Waals surface area contributed by atoms with Gasteiger partial charge in [0.2, 0.25) is 5.78 Å². The molecule has 146 valence electrons. The number of halogens is 1. The zero-order valence-corrected chi connectivity index (χ0v) is 16.6. The van der Waals surface area contributed by atoms with Gasteiger partial charge >= 0.3 is 0 Å². The van der Waals surface area contributed by atoms with Crippen LogP contribution in [0.15, 0.2) is 72.5 Å². The second-order valence-corrected chi connectivity index (χ2v) is 6.95. The summed E-state index contributed by atoms with van der Waals surface area (Å²) in [7, 11) is 0. The monoisotopic (exact) mass is 406 g/mol. The van der Waals surface area contributed by atoms with Crippen molar-refractivity contribution < 1.29 is 19.0 Å². The Morgan fingerprint density at radius 1 is 0.966 bits per heavy atom. The summed E-state index contributed by atoms with van der Waals surface area (Å²) in [5.41, 5.74) is 2.35. The average Bonchev–Trinajstić information content (AvgIpc) is 3.03. The highest BCUT2D eigenvalue weighted by Gasteiger charge is 2.27. The Balaban J connectivity index is 1.47. The van der Waals surface area contributed by atoms with E-state index in [0.29, 0.717) is 35.3 Å². The summed E-state index contributed by atoms with van der Waals surface area (Å²) in [6.45, 7) is 2.92. The van der Waals surface area contributed by atoms with Crippen LogP contribution in [0.2, 0.25) is 5.02 Å². The smallest absolute Gasteiger partial charge is 0.231 e. The molecule has 0 fully saturated rings.